The molecule has 0 N–H and O–H groups in total. The van der Waals surface area contributed by atoms with E-state index < -0.39 is 0 Å². The van der Waals surface area contributed by atoms with E-state index >= 15 is 0 Å². The number of nitrogens with zero attached hydrogens (tertiary/aromatic N) is 5. The van der Waals surface area contributed by atoms with Crippen LogP contribution in [0, 0.1) is 11.3 Å². The molecule has 158 valence electrons. The largest absolute Gasteiger partial charge is 0.336 e. The maximum absolute atomic E-state index is 12.6. The van der Waals surface area contributed by atoms with Gasteiger partial charge in [-0.1, -0.05) is 12.1 Å². The van der Waals surface area contributed by atoms with Crippen LogP contribution in [0.5, 0.6) is 0 Å². The molecule has 30 heavy (non-hydrogen) atoms. The van der Waals surface area contributed by atoms with Gasteiger partial charge in [0.05, 0.1) is 11.6 Å². The van der Waals surface area contributed by atoms with Crippen LogP contribution in [-0.4, -0.2) is 70.9 Å². The van der Waals surface area contributed by atoms with Gasteiger partial charge in [0.15, 0.2) is 0 Å². The molecular formula is C23H28ClN5O. The van der Waals surface area contributed by atoms with Crippen molar-refractivity contribution in [1.82, 2.24) is 19.7 Å². The van der Waals surface area contributed by atoms with Crippen LogP contribution in [0.15, 0.2) is 48.8 Å². The van der Waals surface area contributed by atoms with Gasteiger partial charge in [-0.2, -0.15) is 5.26 Å². The van der Waals surface area contributed by atoms with Gasteiger partial charge in [-0.05, 0) is 55.8 Å². The third kappa shape index (κ3) is 5.37. The summed E-state index contributed by atoms with van der Waals surface area (Å²) in [5, 5.41) is 9.07. The lowest BCUT2D eigenvalue weighted by Gasteiger charge is -2.42. The Morgan fingerprint density at radius 3 is 2.40 bits per heavy atom. The van der Waals surface area contributed by atoms with Crippen molar-refractivity contribution >= 4 is 18.3 Å². The molecule has 0 aliphatic carbocycles. The number of hydrogen-bond donors (Lipinski definition) is 0. The van der Waals surface area contributed by atoms with E-state index in [1.54, 1.807) is 24.5 Å². The number of halogens is 1. The number of amides is 1. The summed E-state index contributed by atoms with van der Waals surface area (Å²) >= 11 is 0. The summed E-state index contributed by atoms with van der Waals surface area (Å²) in [5.74, 6) is 0.112. The molecule has 0 atom stereocenters. The Balaban J connectivity index is 0.00000256. The van der Waals surface area contributed by atoms with Crippen LogP contribution in [0.3, 0.4) is 0 Å². The fourth-order valence-electron chi connectivity index (χ4n) is 4.41. The molecule has 2 fully saturated rings. The smallest absolute Gasteiger partial charge is 0.254 e. The van der Waals surface area contributed by atoms with Gasteiger partial charge in [-0.25, -0.2) is 0 Å². The van der Waals surface area contributed by atoms with Crippen molar-refractivity contribution in [3.63, 3.8) is 0 Å². The van der Waals surface area contributed by atoms with E-state index in [4.69, 9.17) is 5.26 Å². The average Bonchev–Trinajstić information content (AvgIpc) is 2.80. The van der Waals surface area contributed by atoms with E-state index in [1.165, 1.54) is 5.56 Å². The van der Waals surface area contributed by atoms with E-state index in [-0.39, 0.29) is 18.3 Å². The van der Waals surface area contributed by atoms with Crippen molar-refractivity contribution < 1.29 is 4.79 Å². The quantitative estimate of drug-likeness (QED) is 0.753. The first kappa shape index (κ1) is 22.2. The third-order valence-corrected chi connectivity index (χ3v) is 6.06. The van der Waals surface area contributed by atoms with Gasteiger partial charge >= 0.3 is 0 Å². The Kier molecular flexibility index (Phi) is 7.81. The highest BCUT2D eigenvalue weighted by atomic mass is 35.5. The standard InChI is InChI=1S/C23H27N5O.ClH/c24-17-19-2-1-3-20(16-19)18-26-10-6-22(7-11-26)27-12-14-28(15-13-27)23(29)21-4-8-25-9-5-21;/h1-5,8-9,16,22H,6-7,10-15,18H2;1H. The molecule has 0 radical (unpaired) electrons. The number of carbonyl (C=O) groups excluding carboxylic acids is 1. The molecule has 0 unspecified atom stereocenters. The topological polar surface area (TPSA) is 63.5 Å². The number of rotatable bonds is 4. The maximum Gasteiger partial charge on any atom is 0.254 e. The minimum Gasteiger partial charge on any atom is -0.336 e. The molecular weight excluding hydrogens is 398 g/mol. The molecule has 7 heteroatoms. The number of piperazine rings is 1. The summed E-state index contributed by atoms with van der Waals surface area (Å²) in [5.41, 5.74) is 2.67. The first-order valence-corrected chi connectivity index (χ1v) is 10.4. The SMILES string of the molecule is Cl.N#Cc1cccc(CN2CCC(N3CCN(C(=O)c4ccncc4)CC3)CC2)c1. The van der Waals surface area contributed by atoms with Gasteiger partial charge < -0.3 is 4.90 Å². The van der Waals surface area contributed by atoms with Crippen molar-refractivity contribution in [2.75, 3.05) is 39.3 Å². The molecule has 2 aliphatic rings. The highest BCUT2D eigenvalue weighted by Gasteiger charge is 2.29. The zero-order chi connectivity index (χ0) is 20.1. The van der Waals surface area contributed by atoms with Gasteiger partial charge in [-0.15, -0.1) is 12.4 Å². The predicted octanol–water partition coefficient (Wildman–Crippen LogP) is 2.80. The highest BCUT2D eigenvalue weighted by Crippen LogP contribution is 2.20. The number of aromatic nitrogens is 1. The van der Waals surface area contributed by atoms with Gasteiger partial charge in [0.25, 0.3) is 5.91 Å². The first-order chi connectivity index (χ1) is 14.2. The van der Waals surface area contributed by atoms with E-state index in [1.807, 2.05) is 23.1 Å². The van der Waals surface area contributed by atoms with Gasteiger partial charge in [0.2, 0.25) is 0 Å². The summed E-state index contributed by atoms with van der Waals surface area (Å²) in [6.45, 7) is 6.56. The lowest BCUT2D eigenvalue weighted by atomic mass is 10.0. The molecule has 0 bridgehead atoms. The third-order valence-electron chi connectivity index (χ3n) is 6.06. The normalized spacial score (nSPS) is 18.4. The van der Waals surface area contributed by atoms with Crippen LogP contribution in [0.2, 0.25) is 0 Å². The second-order valence-corrected chi connectivity index (χ2v) is 7.88. The van der Waals surface area contributed by atoms with Crippen molar-refractivity contribution in [2.24, 2.45) is 0 Å². The number of hydrogen-bond acceptors (Lipinski definition) is 5. The number of piperidine rings is 1. The zero-order valence-corrected chi connectivity index (χ0v) is 17.9. The fraction of sp³-hybridized carbons (Fsp3) is 0.435. The molecule has 1 amide bonds. The number of likely N-dealkylation sites (tertiary alicyclic amines) is 1. The molecule has 1 aromatic heterocycles. The van der Waals surface area contributed by atoms with Crippen LogP contribution in [-0.2, 0) is 6.54 Å². The van der Waals surface area contributed by atoms with Crippen molar-refractivity contribution in [2.45, 2.75) is 25.4 Å². The molecule has 3 heterocycles. The summed E-state index contributed by atoms with van der Waals surface area (Å²) in [6.07, 6.45) is 5.67. The monoisotopic (exact) mass is 425 g/mol. The number of benzene rings is 1. The number of pyridine rings is 1. The van der Waals surface area contributed by atoms with Crippen LogP contribution in [0.25, 0.3) is 0 Å². The summed E-state index contributed by atoms with van der Waals surface area (Å²) in [4.78, 5) is 23.6. The first-order valence-electron chi connectivity index (χ1n) is 10.4. The van der Waals surface area contributed by atoms with Crippen molar-refractivity contribution in [1.29, 1.82) is 5.26 Å². The van der Waals surface area contributed by atoms with Crippen LogP contribution in [0.4, 0.5) is 0 Å². The predicted molar refractivity (Wildman–Crippen MR) is 118 cm³/mol. The lowest BCUT2D eigenvalue weighted by Crippen LogP contribution is -2.54. The van der Waals surface area contributed by atoms with Crippen LogP contribution < -0.4 is 0 Å². The van der Waals surface area contributed by atoms with Crippen molar-refractivity contribution in [3.05, 3.63) is 65.5 Å². The van der Waals surface area contributed by atoms with E-state index in [2.05, 4.69) is 26.9 Å². The number of nitriles is 1. The summed E-state index contributed by atoms with van der Waals surface area (Å²) in [7, 11) is 0. The minimum atomic E-state index is 0. The Hall–Kier alpha value is -2.46. The average molecular weight is 426 g/mol. The second kappa shape index (κ2) is 10.5. The molecule has 0 spiro atoms. The Morgan fingerprint density at radius 2 is 1.73 bits per heavy atom. The molecule has 0 saturated carbocycles. The Morgan fingerprint density at radius 1 is 1.03 bits per heavy atom. The highest BCUT2D eigenvalue weighted by molar-refractivity contribution is 5.94. The van der Waals surface area contributed by atoms with Crippen LogP contribution in [0.1, 0.15) is 34.3 Å². The molecule has 6 nitrogen and oxygen atoms in total. The molecule has 2 aromatic rings. The van der Waals surface area contributed by atoms with Crippen LogP contribution >= 0.6 is 12.4 Å². The molecule has 2 aliphatic heterocycles. The minimum absolute atomic E-state index is 0. The maximum atomic E-state index is 12.6. The zero-order valence-electron chi connectivity index (χ0n) is 17.1. The van der Waals surface area contributed by atoms with Crippen molar-refractivity contribution in [3.8, 4) is 6.07 Å². The lowest BCUT2D eigenvalue weighted by molar-refractivity contribution is 0.0445. The van der Waals surface area contributed by atoms with E-state index in [0.29, 0.717) is 6.04 Å². The molecule has 1 aromatic carbocycles. The fourth-order valence-corrected chi connectivity index (χ4v) is 4.41. The Bertz CT molecular complexity index is 869. The van der Waals surface area contributed by atoms with Gasteiger partial charge in [0, 0.05) is 56.7 Å². The Labute approximate surface area is 184 Å². The molecule has 2 saturated heterocycles. The second-order valence-electron chi connectivity index (χ2n) is 7.88. The summed E-state index contributed by atoms with van der Waals surface area (Å²) in [6, 6.07) is 14.3. The van der Waals surface area contributed by atoms with E-state index in [9.17, 15) is 4.79 Å². The summed E-state index contributed by atoms with van der Waals surface area (Å²) < 4.78 is 0. The van der Waals surface area contributed by atoms with E-state index in [0.717, 1.165) is 69.8 Å². The molecule has 4 rings (SSSR count). The number of carbonyl (C=O) groups is 1. The van der Waals surface area contributed by atoms with Gasteiger partial charge in [-0.3, -0.25) is 19.6 Å². The van der Waals surface area contributed by atoms with Gasteiger partial charge in [0.1, 0.15) is 0 Å².